The summed E-state index contributed by atoms with van der Waals surface area (Å²) in [6, 6.07) is 4.62. The first-order valence-corrected chi connectivity index (χ1v) is 8.42. The molecule has 1 aromatic rings. The van der Waals surface area contributed by atoms with E-state index >= 15 is 0 Å². The number of nitrogens with zero attached hydrogens (tertiary/aromatic N) is 1. The summed E-state index contributed by atoms with van der Waals surface area (Å²) in [5.41, 5.74) is 6.19. The monoisotopic (exact) mass is 347 g/mol. The van der Waals surface area contributed by atoms with Gasteiger partial charge in [-0.3, -0.25) is 0 Å². The Morgan fingerprint density at radius 1 is 1.47 bits per heavy atom. The molecular formula is C12H18BrN3O2S. The molecule has 1 unspecified atom stereocenters. The minimum Gasteiger partial charge on any atom is -0.398 e. The van der Waals surface area contributed by atoms with E-state index in [1.807, 2.05) is 7.05 Å². The maximum Gasteiger partial charge on any atom is 0.240 e. The minimum absolute atomic E-state index is 0.0277. The van der Waals surface area contributed by atoms with E-state index in [0.29, 0.717) is 10.2 Å². The number of nitrogen functional groups attached to an aromatic ring is 1. The molecular weight excluding hydrogens is 330 g/mol. The molecule has 1 aliphatic heterocycles. The van der Waals surface area contributed by atoms with Crippen LogP contribution in [-0.4, -0.2) is 39.5 Å². The Labute approximate surface area is 122 Å². The van der Waals surface area contributed by atoms with E-state index in [0.717, 1.165) is 25.9 Å². The second kappa shape index (κ2) is 5.78. The third kappa shape index (κ3) is 3.68. The van der Waals surface area contributed by atoms with Crippen LogP contribution in [0.4, 0.5) is 5.69 Å². The van der Waals surface area contributed by atoms with Crippen LogP contribution in [0.3, 0.4) is 0 Å². The van der Waals surface area contributed by atoms with Gasteiger partial charge in [-0.2, -0.15) is 0 Å². The number of sulfonamides is 1. The summed E-state index contributed by atoms with van der Waals surface area (Å²) >= 11 is 3.25. The van der Waals surface area contributed by atoms with Crippen molar-refractivity contribution in [2.75, 3.05) is 25.9 Å². The van der Waals surface area contributed by atoms with Gasteiger partial charge < -0.3 is 10.6 Å². The quantitative estimate of drug-likeness (QED) is 0.810. The van der Waals surface area contributed by atoms with E-state index in [4.69, 9.17) is 5.73 Å². The molecule has 7 heteroatoms. The third-order valence-electron chi connectivity index (χ3n) is 3.23. The molecule has 1 fully saturated rings. The Balaban J connectivity index is 2.15. The van der Waals surface area contributed by atoms with Crippen molar-refractivity contribution >= 4 is 31.6 Å². The summed E-state index contributed by atoms with van der Waals surface area (Å²) in [5.74, 6) is 0. The van der Waals surface area contributed by atoms with Crippen LogP contribution in [0.5, 0.6) is 0 Å². The number of nitrogens with two attached hydrogens (primary N) is 1. The molecule has 19 heavy (non-hydrogen) atoms. The van der Waals surface area contributed by atoms with Crippen LogP contribution in [-0.2, 0) is 10.0 Å². The molecule has 0 spiro atoms. The third-order valence-corrected chi connectivity index (χ3v) is 5.43. The first-order chi connectivity index (χ1) is 8.88. The van der Waals surface area contributed by atoms with Crippen LogP contribution in [0.2, 0.25) is 0 Å². The lowest BCUT2D eigenvalue weighted by molar-refractivity contribution is 0.242. The summed E-state index contributed by atoms with van der Waals surface area (Å²) in [5, 5.41) is 0. The second-order valence-electron chi connectivity index (χ2n) is 4.91. The normalized spacial score (nSPS) is 21.5. The Kier molecular flexibility index (Phi) is 4.50. The number of rotatable bonds is 3. The summed E-state index contributed by atoms with van der Waals surface area (Å²) in [6.45, 7) is 1.76. The fourth-order valence-corrected chi connectivity index (χ4v) is 4.04. The van der Waals surface area contributed by atoms with Crippen molar-refractivity contribution in [2.45, 2.75) is 23.8 Å². The molecule has 0 amide bonds. The summed E-state index contributed by atoms with van der Waals surface area (Å²) in [6.07, 6.45) is 1.88. The van der Waals surface area contributed by atoms with E-state index in [2.05, 4.69) is 25.6 Å². The van der Waals surface area contributed by atoms with Gasteiger partial charge in [0.1, 0.15) is 0 Å². The lowest BCUT2D eigenvalue weighted by atomic mass is 10.1. The molecule has 1 aliphatic rings. The summed E-state index contributed by atoms with van der Waals surface area (Å²) in [7, 11) is -1.48. The molecule has 0 aromatic heterocycles. The van der Waals surface area contributed by atoms with E-state index in [1.54, 1.807) is 6.07 Å². The molecule has 1 saturated heterocycles. The topological polar surface area (TPSA) is 75.4 Å². The van der Waals surface area contributed by atoms with Crippen LogP contribution >= 0.6 is 15.9 Å². The Morgan fingerprint density at radius 2 is 2.21 bits per heavy atom. The number of anilines is 1. The number of hydrogen-bond donors (Lipinski definition) is 2. The number of likely N-dealkylation sites (N-methyl/N-ethyl adjacent to an activating group) is 1. The van der Waals surface area contributed by atoms with Gasteiger partial charge in [0.2, 0.25) is 10.0 Å². The lowest BCUT2D eigenvalue weighted by Crippen LogP contribution is -2.46. The Hall–Kier alpha value is -0.630. The summed E-state index contributed by atoms with van der Waals surface area (Å²) < 4.78 is 27.9. The number of hydrogen-bond acceptors (Lipinski definition) is 4. The van der Waals surface area contributed by atoms with E-state index < -0.39 is 10.0 Å². The Morgan fingerprint density at radius 3 is 2.84 bits per heavy atom. The molecule has 5 nitrogen and oxygen atoms in total. The first kappa shape index (κ1) is 14.8. The van der Waals surface area contributed by atoms with Crippen molar-refractivity contribution in [2.24, 2.45) is 0 Å². The fraction of sp³-hybridized carbons (Fsp3) is 0.500. The van der Waals surface area contributed by atoms with Crippen LogP contribution in [0.15, 0.2) is 27.6 Å². The zero-order valence-electron chi connectivity index (χ0n) is 10.8. The van der Waals surface area contributed by atoms with Gasteiger partial charge in [0.25, 0.3) is 0 Å². The van der Waals surface area contributed by atoms with E-state index in [9.17, 15) is 8.42 Å². The number of halogens is 1. The van der Waals surface area contributed by atoms with Crippen LogP contribution < -0.4 is 10.5 Å². The van der Waals surface area contributed by atoms with Gasteiger partial charge in [-0.15, -0.1) is 0 Å². The smallest absolute Gasteiger partial charge is 0.240 e. The molecule has 1 aromatic carbocycles. The molecule has 1 heterocycles. The van der Waals surface area contributed by atoms with Gasteiger partial charge in [-0.05, 0) is 60.6 Å². The lowest BCUT2D eigenvalue weighted by Gasteiger charge is -2.30. The molecule has 3 N–H and O–H groups in total. The zero-order chi connectivity index (χ0) is 14.0. The summed E-state index contributed by atoms with van der Waals surface area (Å²) in [4.78, 5) is 2.37. The van der Waals surface area contributed by atoms with Gasteiger partial charge in [0.15, 0.2) is 0 Å². The van der Waals surface area contributed by atoms with Gasteiger partial charge in [-0.25, -0.2) is 13.1 Å². The van der Waals surface area contributed by atoms with Gasteiger partial charge in [0.05, 0.1) is 4.90 Å². The van der Waals surface area contributed by atoms with Crippen molar-refractivity contribution in [1.29, 1.82) is 0 Å². The largest absolute Gasteiger partial charge is 0.398 e. The number of likely N-dealkylation sites (tertiary alicyclic amines) is 1. The first-order valence-electron chi connectivity index (χ1n) is 6.14. The van der Waals surface area contributed by atoms with Crippen molar-refractivity contribution in [1.82, 2.24) is 9.62 Å². The SMILES string of the molecule is CN1CCCC(NS(=O)(=O)c2ccc(N)c(Br)c2)C1. The number of benzene rings is 1. The maximum absolute atomic E-state index is 12.3. The average molecular weight is 348 g/mol. The average Bonchev–Trinajstić information content (AvgIpc) is 2.32. The highest BCUT2D eigenvalue weighted by molar-refractivity contribution is 9.10. The Bertz CT molecular complexity index is 562. The van der Waals surface area contributed by atoms with Crippen LogP contribution in [0.25, 0.3) is 0 Å². The molecule has 0 bridgehead atoms. The van der Waals surface area contributed by atoms with Crippen LogP contribution in [0.1, 0.15) is 12.8 Å². The van der Waals surface area contributed by atoms with E-state index in [1.165, 1.54) is 12.1 Å². The van der Waals surface area contributed by atoms with Crippen molar-refractivity contribution in [3.05, 3.63) is 22.7 Å². The highest BCUT2D eigenvalue weighted by Gasteiger charge is 2.24. The van der Waals surface area contributed by atoms with Crippen LogP contribution in [0, 0.1) is 0 Å². The van der Waals surface area contributed by atoms with Gasteiger partial charge in [-0.1, -0.05) is 0 Å². The standard InChI is InChI=1S/C12H18BrN3O2S/c1-16-6-2-3-9(8-16)15-19(17,18)10-4-5-12(14)11(13)7-10/h4-5,7,9,15H,2-3,6,8,14H2,1H3. The maximum atomic E-state index is 12.3. The zero-order valence-corrected chi connectivity index (χ0v) is 13.2. The van der Waals surface area contributed by atoms with Gasteiger partial charge in [0, 0.05) is 22.7 Å². The van der Waals surface area contributed by atoms with Crippen molar-refractivity contribution < 1.29 is 8.42 Å². The molecule has 2 rings (SSSR count). The van der Waals surface area contributed by atoms with E-state index in [-0.39, 0.29) is 10.9 Å². The molecule has 0 radical (unpaired) electrons. The van der Waals surface area contributed by atoms with Gasteiger partial charge >= 0.3 is 0 Å². The molecule has 106 valence electrons. The fourth-order valence-electron chi connectivity index (χ4n) is 2.23. The van der Waals surface area contributed by atoms with Crippen molar-refractivity contribution in [3.63, 3.8) is 0 Å². The molecule has 0 aliphatic carbocycles. The predicted octanol–water partition coefficient (Wildman–Crippen LogP) is 1.40. The highest BCUT2D eigenvalue weighted by Crippen LogP contribution is 2.23. The number of piperidine rings is 1. The van der Waals surface area contributed by atoms with Crippen molar-refractivity contribution in [3.8, 4) is 0 Å². The highest BCUT2D eigenvalue weighted by atomic mass is 79.9. The molecule has 0 saturated carbocycles. The number of nitrogens with one attached hydrogen (secondary N) is 1. The predicted molar refractivity (Wildman–Crippen MR) is 79.4 cm³/mol. The second-order valence-corrected chi connectivity index (χ2v) is 7.47. The minimum atomic E-state index is -3.48. The molecule has 1 atom stereocenters.